The summed E-state index contributed by atoms with van der Waals surface area (Å²) in [5.41, 5.74) is 1.67. The number of hydrogen-bond donors (Lipinski definition) is 0. The number of carbonyl (C=O) groups excluding carboxylic acids is 1. The van der Waals surface area contributed by atoms with Gasteiger partial charge in [0.25, 0.3) is 5.91 Å². The van der Waals surface area contributed by atoms with Gasteiger partial charge in [-0.15, -0.1) is 0 Å². The number of thiazole rings is 1. The van der Waals surface area contributed by atoms with E-state index in [-0.39, 0.29) is 5.91 Å². The summed E-state index contributed by atoms with van der Waals surface area (Å²) in [6, 6.07) is 13.4. The number of benzene rings is 2. The first-order valence-electron chi connectivity index (χ1n) is 9.24. The summed E-state index contributed by atoms with van der Waals surface area (Å²) in [5, 5.41) is 0.618. The van der Waals surface area contributed by atoms with Crippen LogP contribution in [0.25, 0.3) is 16.3 Å². The Morgan fingerprint density at radius 1 is 1.03 bits per heavy atom. The second-order valence-electron chi connectivity index (χ2n) is 6.68. The standard InChI is InChI=1S/C22H25N3O3S/c1-24(2)14-15-25(19(26)13-10-16-8-6-5-7-9-16)22-23-20-17(27-3)11-12-18(28-4)21(20)29-22/h5-13H,14-15H2,1-4H3. The van der Waals surface area contributed by atoms with Crippen molar-refractivity contribution < 1.29 is 14.3 Å². The van der Waals surface area contributed by atoms with Gasteiger partial charge in [-0.25, -0.2) is 4.98 Å². The summed E-state index contributed by atoms with van der Waals surface area (Å²) >= 11 is 1.42. The van der Waals surface area contributed by atoms with Gasteiger partial charge in [-0.1, -0.05) is 41.7 Å². The molecular formula is C22H25N3O3S. The molecule has 1 aromatic heterocycles. The summed E-state index contributed by atoms with van der Waals surface area (Å²) in [6.07, 6.45) is 3.41. The minimum atomic E-state index is -0.118. The monoisotopic (exact) mass is 411 g/mol. The van der Waals surface area contributed by atoms with Crippen LogP contribution in [0.15, 0.2) is 48.5 Å². The number of aromatic nitrogens is 1. The van der Waals surface area contributed by atoms with Crippen molar-refractivity contribution in [1.82, 2.24) is 9.88 Å². The minimum absolute atomic E-state index is 0.118. The Labute approximate surface area is 175 Å². The molecule has 0 atom stereocenters. The molecule has 7 heteroatoms. The number of hydrogen-bond acceptors (Lipinski definition) is 6. The first-order chi connectivity index (χ1) is 14.0. The molecular weight excluding hydrogens is 386 g/mol. The van der Waals surface area contributed by atoms with Crippen molar-refractivity contribution in [3.05, 3.63) is 54.1 Å². The third-order valence-electron chi connectivity index (χ3n) is 4.38. The molecule has 0 saturated heterocycles. The minimum Gasteiger partial charge on any atom is -0.495 e. The summed E-state index contributed by atoms with van der Waals surface area (Å²) in [7, 11) is 7.19. The molecule has 0 spiro atoms. The SMILES string of the molecule is COc1ccc(OC)c2sc(N(CCN(C)C)C(=O)C=Cc3ccccc3)nc12. The van der Waals surface area contributed by atoms with Gasteiger partial charge in [-0.2, -0.15) is 0 Å². The Morgan fingerprint density at radius 3 is 2.38 bits per heavy atom. The molecule has 0 aliphatic carbocycles. The van der Waals surface area contributed by atoms with Crippen LogP contribution in [-0.4, -0.2) is 57.2 Å². The summed E-state index contributed by atoms with van der Waals surface area (Å²) < 4.78 is 11.8. The number of ether oxygens (including phenoxy) is 2. The van der Waals surface area contributed by atoms with Crippen molar-refractivity contribution in [2.24, 2.45) is 0 Å². The maximum absolute atomic E-state index is 13.0. The number of fused-ring (bicyclic) bond motifs is 1. The van der Waals surface area contributed by atoms with E-state index in [1.165, 1.54) is 11.3 Å². The number of nitrogens with zero attached hydrogens (tertiary/aromatic N) is 3. The average molecular weight is 412 g/mol. The van der Waals surface area contributed by atoms with Crippen LogP contribution in [0.2, 0.25) is 0 Å². The molecule has 0 aliphatic heterocycles. The largest absolute Gasteiger partial charge is 0.495 e. The van der Waals surface area contributed by atoms with E-state index in [4.69, 9.17) is 14.5 Å². The molecule has 0 N–H and O–H groups in total. The second kappa shape index (κ2) is 9.54. The van der Waals surface area contributed by atoms with Crippen molar-refractivity contribution in [2.75, 3.05) is 46.3 Å². The van der Waals surface area contributed by atoms with Crippen LogP contribution in [0.3, 0.4) is 0 Å². The van der Waals surface area contributed by atoms with Gasteiger partial charge in [-0.3, -0.25) is 9.69 Å². The average Bonchev–Trinajstić information content (AvgIpc) is 3.17. The normalized spacial score (nSPS) is 11.3. The lowest BCUT2D eigenvalue weighted by molar-refractivity contribution is -0.114. The van der Waals surface area contributed by atoms with Crippen LogP contribution in [-0.2, 0) is 4.79 Å². The summed E-state index contributed by atoms with van der Waals surface area (Å²) in [5.74, 6) is 1.25. The molecule has 3 rings (SSSR count). The van der Waals surface area contributed by atoms with E-state index in [1.807, 2.05) is 67.5 Å². The molecule has 1 amide bonds. The lowest BCUT2D eigenvalue weighted by Crippen LogP contribution is -2.35. The van der Waals surface area contributed by atoms with Crippen LogP contribution in [0, 0.1) is 0 Å². The number of rotatable bonds is 8. The molecule has 152 valence electrons. The fourth-order valence-electron chi connectivity index (χ4n) is 2.81. The first kappa shape index (κ1) is 20.8. The van der Waals surface area contributed by atoms with Crippen molar-refractivity contribution in [1.29, 1.82) is 0 Å². The van der Waals surface area contributed by atoms with Crippen LogP contribution < -0.4 is 14.4 Å². The van der Waals surface area contributed by atoms with Gasteiger partial charge < -0.3 is 14.4 Å². The second-order valence-corrected chi connectivity index (χ2v) is 7.66. The van der Waals surface area contributed by atoms with Crippen LogP contribution in [0.5, 0.6) is 11.5 Å². The highest BCUT2D eigenvalue weighted by atomic mass is 32.1. The van der Waals surface area contributed by atoms with Gasteiger partial charge in [0.15, 0.2) is 5.13 Å². The van der Waals surface area contributed by atoms with Gasteiger partial charge in [-0.05, 0) is 37.9 Å². The number of anilines is 1. The summed E-state index contributed by atoms with van der Waals surface area (Å²) in [4.78, 5) is 21.5. The molecule has 0 saturated carbocycles. The smallest absolute Gasteiger partial charge is 0.252 e. The molecule has 0 unspecified atom stereocenters. The zero-order chi connectivity index (χ0) is 20.8. The van der Waals surface area contributed by atoms with E-state index in [1.54, 1.807) is 25.2 Å². The third kappa shape index (κ3) is 4.93. The lowest BCUT2D eigenvalue weighted by atomic mass is 10.2. The highest BCUT2D eigenvalue weighted by Crippen LogP contribution is 2.40. The maximum atomic E-state index is 13.0. The molecule has 1 heterocycles. The van der Waals surface area contributed by atoms with Crippen molar-refractivity contribution in [3.8, 4) is 11.5 Å². The Hall–Kier alpha value is -2.90. The van der Waals surface area contributed by atoms with E-state index in [0.29, 0.717) is 28.7 Å². The van der Waals surface area contributed by atoms with Crippen molar-refractivity contribution in [2.45, 2.75) is 0 Å². The fraction of sp³-hybridized carbons (Fsp3) is 0.273. The van der Waals surface area contributed by atoms with E-state index < -0.39 is 0 Å². The molecule has 2 aromatic carbocycles. The van der Waals surface area contributed by atoms with E-state index >= 15 is 0 Å². The van der Waals surface area contributed by atoms with Gasteiger partial charge >= 0.3 is 0 Å². The van der Waals surface area contributed by atoms with E-state index in [2.05, 4.69) is 0 Å². The number of methoxy groups -OCH3 is 2. The van der Waals surface area contributed by atoms with Crippen molar-refractivity contribution >= 4 is 38.7 Å². The fourth-order valence-corrected chi connectivity index (χ4v) is 3.92. The lowest BCUT2D eigenvalue weighted by Gasteiger charge is -2.20. The zero-order valence-corrected chi connectivity index (χ0v) is 17.9. The predicted octanol–water partition coefficient (Wildman–Crippen LogP) is 3.92. The predicted molar refractivity (Wildman–Crippen MR) is 119 cm³/mol. The van der Waals surface area contributed by atoms with Gasteiger partial charge in [0.2, 0.25) is 0 Å². The first-order valence-corrected chi connectivity index (χ1v) is 10.1. The van der Waals surface area contributed by atoms with Gasteiger partial charge in [0.1, 0.15) is 21.7 Å². The quantitative estimate of drug-likeness (QED) is 0.526. The maximum Gasteiger partial charge on any atom is 0.252 e. The highest BCUT2D eigenvalue weighted by Gasteiger charge is 2.21. The van der Waals surface area contributed by atoms with Crippen molar-refractivity contribution in [3.63, 3.8) is 0 Å². The number of likely N-dealkylation sites (N-methyl/N-ethyl adjacent to an activating group) is 1. The van der Waals surface area contributed by atoms with Crippen LogP contribution in [0.1, 0.15) is 5.56 Å². The van der Waals surface area contributed by atoms with E-state index in [0.717, 1.165) is 16.8 Å². The van der Waals surface area contributed by atoms with E-state index in [9.17, 15) is 4.79 Å². The number of amides is 1. The van der Waals surface area contributed by atoms with Gasteiger partial charge in [0, 0.05) is 19.2 Å². The Balaban J connectivity index is 1.97. The molecule has 6 nitrogen and oxygen atoms in total. The molecule has 0 bridgehead atoms. The molecule has 0 radical (unpaired) electrons. The highest BCUT2D eigenvalue weighted by molar-refractivity contribution is 7.22. The molecule has 0 fully saturated rings. The molecule has 3 aromatic rings. The Kier molecular flexibility index (Phi) is 6.85. The third-order valence-corrected chi connectivity index (χ3v) is 5.48. The van der Waals surface area contributed by atoms with Gasteiger partial charge in [0.05, 0.1) is 14.2 Å². The molecule has 0 aliphatic rings. The summed E-state index contributed by atoms with van der Waals surface area (Å²) in [6.45, 7) is 1.24. The Morgan fingerprint density at radius 2 is 1.72 bits per heavy atom. The Bertz CT molecular complexity index is 958. The topological polar surface area (TPSA) is 54.9 Å². The zero-order valence-electron chi connectivity index (χ0n) is 17.1. The molecule has 29 heavy (non-hydrogen) atoms. The van der Waals surface area contributed by atoms with Crippen LogP contribution in [0.4, 0.5) is 5.13 Å². The van der Waals surface area contributed by atoms with Crippen LogP contribution >= 0.6 is 11.3 Å². The number of carbonyl (C=O) groups is 1.